The van der Waals surface area contributed by atoms with Crippen LogP contribution in [-0.4, -0.2) is 24.8 Å². The number of hydrogen-bond acceptors (Lipinski definition) is 3. The molecule has 0 spiro atoms. The van der Waals surface area contributed by atoms with Gasteiger partial charge in [0, 0.05) is 12.6 Å². The van der Waals surface area contributed by atoms with Gasteiger partial charge >= 0.3 is 0 Å². The number of nitrogens with zero attached hydrogens (tertiary/aromatic N) is 1. The Kier molecular flexibility index (Phi) is 5.24. The molecule has 0 aromatic heterocycles. The number of rotatable bonds is 7. The van der Waals surface area contributed by atoms with Crippen molar-refractivity contribution in [1.82, 2.24) is 5.32 Å². The molecule has 1 N–H and O–H groups in total. The summed E-state index contributed by atoms with van der Waals surface area (Å²) in [6.07, 6.45) is 5.27. The Hall–Kier alpha value is -0.590. The molecule has 1 saturated carbocycles. The third-order valence-corrected chi connectivity index (χ3v) is 3.14. The Morgan fingerprint density at radius 3 is 2.62 bits per heavy atom. The topological polar surface area (TPSA) is 45.0 Å². The van der Waals surface area contributed by atoms with Crippen molar-refractivity contribution in [2.75, 3.05) is 13.2 Å². The lowest BCUT2D eigenvalue weighted by Crippen LogP contribution is -2.48. The lowest BCUT2D eigenvalue weighted by atomic mass is 9.83. The van der Waals surface area contributed by atoms with E-state index in [2.05, 4.69) is 11.4 Å². The van der Waals surface area contributed by atoms with Crippen LogP contribution in [0.4, 0.5) is 0 Å². The van der Waals surface area contributed by atoms with Crippen LogP contribution in [-0.2, 0) is 4.74 Å². The molecule has 1 rings (SSSR count). The molecule has 16 heavy (non-hydrogen) atoms. The van der Waals surface area contributed by atoms with Gasteiger partial charge in [-0.25, -0.2) is 0 Å². The molecule has 1 unspecified atom stereocenters. The molecule has 0 bridgehead atoms. The molecule has 0 amide bonds. The molecule has 0 aromatic carbocycles. The van der Waals surface area contributed by atoms with Gasteiger partial charge in [0.15, 0.2) is 0 Å². The van der Waals surface area contributed by atoms with Gasteiger partial charge in [0.05, 0.1) is 12.7 Å². The van der Waals surface area contributed by atoms with Crippen molar-refractivity contribution in [3.05, 3.63) is 0 Å². The third kappa shape index (κ3) is 4.51. The Morgan fingerprint density at radius 2 is 2.19 bits per heavy atom. The van der Waals surface area contributed by atoms with Crippen LogP contribution in [0.15, 0.2) is 0 Å². The van der Waals surface area contributed by atoms with E-state index in [1.165, 1.54) is 19.3 Å². The zero-order chi connectivity index (χ0) is 12.0. The Labute approximate surface area is 99.2 Å². The molecule has 92 valence electrons. The number of nitrogens with one attached hydrogen (secondary N) is 1. The third-order valence-electron chi connectivity index (χ3n) is 3.14. The molecule has 0 aromatic rings. The molecule has 1 aliphatic rings. The van der Waals surface area contributed by atoms with Crippen molar-refractivity contribution < 1.29 is 4.74 Å². The second-order valence-corrected chi connectivity index (χ2v) is 5.38. The summed E-state index contributed by atoms with van der Waals surface area (Å²) < 4.78 is 5.61. The average molecular weight is 224 g/mol. The Morgan fingerprint density at radius 1 is 1.50 bits per heavy atom. The molecule has 1 fully saturated rings. The van der Waals surface area contributed by atoms with Gasteiger partial charge in [-0.2, -0.15) is 5.26 Å². The van der Waals surface area contributed by atoms with Gasteiger partial charge in [-0.3, -0.25) is 5.32 Å². The van der Waals surface area contributed by atoms with Gasteiger partial charge in [-0.05, 0) is 33.1 Å². The zero-order valence-corrected chi connectivity index (χ0v) is 10.8. The summed E-state index contributed by atoms with van der Waals surface area (Å²) in [6.45, 7) is 7.26. The fourth-order valence-electron chi connectivity index (χ4n) is 2.05. The summed E-state index contributed by atoms with van der Waals surface area (Å²) in [5.74, 6) is 0.881. The van der Waals surface area contributed by atoms with E-state index in [0.29, 0.717) is 12.6 Å². The van der Waals surface area contributed by atoms with Crippen molar-refractivity contribution in [2.24, 2.45) is 5.92 Å². The minimum absolute atomic E-state index is 0.305. The fourth-order valence-corrected chi connectivity index (χ4v) is 2.05. The molecule has 0 aliphatic heterocycles. The van der Waals surface area contributed by atoms with Gasteiger partial charge < -0.3 is 4.74 Å². The Balaban J connectivity index is 2.14. The normalized spacial score (nSPS) is 20.2. The quantitative estimate of drug-likeness (QED) is 0.676. The molecule has 0 radical (unpaired) electrons. The van der Waals surface area contributed by atoms with Gasteiger partial charge in [0.25, 0.3) is 0 Å². The van der Waals surface area contributed by atoms with Crippen molar-refractivity contribution in [3.63, 3.8) is 0 Å². The summed E-state index contributed by atoms with van der Waals surface area (Å²) in [4.78, 5) is 0. The fraction of sp³-hybridized carbons (Fsp3) is 0.923. The van der Waals surface area contributed by atoms with E-state index in [1.54, 1.807) is 0 Å². The van der Waals surface area contributed by atoms with Crippen molar-refractivity contribution >= 4 is 0 Å². The smallest absolute Gasteiger partial charge is 0.127 e. The average Bonchev–Trinajstić information content (AvgIpc) is 2.13. The molecular formula is C13H24N2O. The van der Waals surface area contributed by atoms with Crippen LogP contribution >= 0.6 is 0 Å². The number of nitriles is 1. The van der Waals surface area contributed by atoms with Crippen molar-refractivity contribution in [1.29, 1.82) is 5.26 Å². The lowest BCUT2D eigenvalue weighted by molar-refractivity contribution is 0.0737. The highest BCUT2D eigenvalue weighted by Gasteiger charge is 2.25. The SMILES string of the molecule is CC(C)NC(C)(C#N)COCCC1CCC1. The highest BCUT2D eigenvalue weighted by atomic mass is 16.5. The van der Waals surface area contributed by atoms with Crippen molar-refractivity contribution in [3.8, 4) is 6.07 Å². The monoisotopic (exact) mass is 224 g/mol. The maximum absolute atomic E-state index is 9.11. The maximum atomic E-state index is 9.11. The van der Waals surface area contributed by atoms with E-state index in [1.807, 2.05) is 20.8 Å². The van der Waals surface area contributed by atoms with Crippen molar-refractivity contribution in [2.45, 2.75) is 58.0 Å². The molecule has 0 heterocycles. The van der Waals surface area contributed by atoms with Crippen LogP contribution in [0.5, 0.6) is 0 Å². The van der Waals surface area contributed by atoms with E-state index >= 15 is 0 Å². The van der Waals surface area contributed by atoms with Crippen LogP contribution in [0.2, 0.25) is 0 Å². The van der Waals surface area contributed by atoms with E-state index in [4.69, 9.17) is 10.00 Å². The van der Waals surface area contributed by atoms with Crippen LogP contribution in [0.25, 0.3) is 0 Å². The molecule has 1 atom stereocenters. The number of hydrogen-bond donors (Lipinski definition) is 1. The lowest BCUT2D eigenvalue weighted by Gasteiger charge is -2.28. The van der Waals surface area contributed by atoms with Gasteiger partial charge in [-0.15, -0.1) is 0 Å². The second-order valence-electron chi connectivity index (χ2n) is 5.38. The minimum atomic E-state index is -0.548. The molecular weight excluding hydrogens is 200 g/mol. The van der Waals surface area contributed by atoms with E-state index in [0.717, 1.165) is 18.9 Å². The highest BCUT2D eigenvalue weighted by molar-refractivity contribution is 5.04. The minimum Gasteiger partial charge on any atom is -0.378 e. The standard InChI is InChI=1S/C13H24N2O/c1-11(2)15-13(3,9-14)10-16-8-7-12-5-4-6-12/h11-12,15H,4-8,10H2,1-3H3. The van der Waals surface area contributed by atoms with E-state index in [9.17, 15) is 0 Å². The summed E-state index contributed by atoms with van der Waals surface area (Å²) in [7, 11) is 0. The predicted octanol–water partition coefficient (Wildman–Crippen LogP) is 2.47. The Bertz CT molecular complexity index is 243. The highest BCUT2D eigenvalue weighted by Crippen LogP contribution is 2.29. The van der Waals surface area contributed by atoms with E-state index in [-0.39, 0.29) is 0 Å². The first-order valence-electron chi connectivity index (χ1n) is 6.32. The first-order valence-corrected chi connectivity index (χ1v) is 6.32. The summed E-state index contributed by atoms with van der Waals surface area (Å²) in [6, 6.07) is 2.60. The summed E-state index contributed by atoms with van der Waals surface area (Å²) in [5, 5.41) is 12.3. The molecule has 1 aliphatic carbocycles. The first-order chi connectivity index (χ1) is 7.56. The van der Waals surface area contributed by atoms with Crippen LogP contribution in [0.3, 0.4) is 0 Å². The summed E-state index contributed by atoms with van der Waals surface area (Å²) in [5.41, 5.74) is -0.548. The number of ether oxygens (including phenoxy) is 1. The second kappa shape index (κ2) is 6.22. The molecule has 3 nitrogen and oxygen atoms in total. The molecule has 3 heteroatoms. The van der Waals surface area contributed by atoms with E-state index < -0.39 is 5.54 Å². The van der Waals surface area contributed by atoms with Crippen LogP contribution < -0.4 is 5.32 Å². The maximum Gasteiger partial charge on any atom is 0.127 e. The molecule has 0 saturated heterocycles. The van der Waals surface area contributed by atoms with Gasteiger partial charge in [0.1, 0.15) is 5.54 Å². The van der Waals surface area contributed by atoms with Gasteiger partial charge in [-0.1, -0.05) is 19.3 Å². The van der Waals surface area contributed by atoms with Gasteiger partial charge in [0.2, 0.25) is 0 Å². The van der Waals surface area contributed by atoms with Crippen LogP contribution in [0, 0.1) is 17.2 Å². The van der Waals surface area contributed by atoms with Crippen LogP contribution in [0.1, 0.15) is 46.5 Å². The zero-order valence-electron chi connectivity index (χ0n) is 10.8. The summed E-state index contributed by atoms with van der Waals surface area (Å²) >= 11 is 0. The first kappa shape index (κ1) is 13.5. The largest absolute Gasteiger partial charge is 0.378 e. The predicted molar refractivity (Wildman–Crippen MR) is 65.1 cm³/mol.